The van der Waals surface area contributed by atoms with E-state index < -0.39 is 23.2 Å². The van der Waals surface area contributed by atoms with Gasteiger partial charge >= 0.3 is 0 Å². The maximum absolute atomic E-state index is 14.4. The Kier molecular flexibility index (Phi) is 6.33. The van der Waals surface area contributed by atoms with Crippen LogP contribution < -0.4 is 14.9 Å². The summed E-state index contributed by atoms with van der Waals surface area (Å²) < 4.78 is 25.7. The SMILES string of the molecule is CCc1c(C(=O)N(NC(C)(C)C)C(=O)c2ccc(Cl)cc2F)ccc2c1OCCO2. The molecule has 30 heavy (non-hydrogen) atoms. The number of imide groups is 1. The van der Waals surface area contributed by atoms with Crippen molar-refractivity contribution in [3.8, 4) is 11.5 Å². The number of amides is 2. The van der Waals surface area contributed by atoms with Crippen molar-refractivity contribution in [2.75, 3.05) is 13.2 Å². The van der Waals surface area contributed by atoms with Crippen LogP contribution in [0, 0.1) is 5.82 Å². The molecule has 0 bridgehead atoms. The number of rotatable bonds is 4. The third kappa shape index (κ3) is 4.57. The van der Waals surface area contributed by atoms with Gasteiger partial charge in [-0.3, -0.25) is 9.59 Å². The fraction of sp³-hybridized carbons (Fsp3) is 0.364. The van der Waals surface area contributed by atoms with Crippen molar-refractivity contribution in [3.63, 3.8) is 0 Å². The summed E-state index contributed by atoms with van der Waals surface area (Å²) in [6.45, 7) is 8.06. The number of hydrazine groups is 1. The molecule has 0 saturated carbocycles. The highest BCUT2D eigenvalue weighted by Gasteiger charge is 2.32. The molecule has 8 heteroatoms. The van der Waals surface area contributed by atoms with Gasteiger partial charge in [0.1, 0.15) is 19.0 Å². The minimum Gasteiger partial charge on any atom is -0.486 e. The van der Waals surface area contributed by atoms with Crippen LogP contribution in [0.25, 0.3) is 0 Å². The summed E-state index contributed by atoms with van der Waals surface area (Å²) in [5.74, 6) is -1.19. The Labute approximate surface area is 179 Å². The van der Waals surface area contributed by atoms with E-state index in [1.807, 2.05) is 6.92 Å². The first-order valence-electron chi connectivity index (χ1n) is 9.65. The van der Waals surface area contributed by atoms with Gasteiger partial charge in [0.2, 0.25) is 0 Å². The summed E-state index contributed by atoms with van der Waals surface area (Å²) in [5.41, 5.74) is 2.89. The molecule has 0 atom stereocenters. The quantitative estimate of drug-likeness (QED) is 0.570. The van der Waals surface area contributed by atoms with E-state index in [9.17, 15) is 14.0 Å². The van der Waals surface area contributed by atoms with Crippen molar-refractivity contribution in [2.45, 2.75) is 39.7 Å². The van der Waals surface area contributed by atoms with Gasteiger partial charge < -0.3 is 9.47 Å². The van der Waals surface area contributed by atoms with Crippen molar-refractivity contribution >= 4 is 23.4 Å². The summed E-state index contributed by atoms with van der Waals surface area (Å²) in [4.78, 5) is 26.6. The largest absolute Gasteiger partial charge is 0.486 e. The number of hydrogen-bond donors (Lipinski definition) is 1. The highest BCUT2D eigenvalue weighted by molar-refractivity contribution is 6.30. The van der Waals surface area contributed by atoms with Gasteiger partial charge in [0.05, 0.1) is 5.56 Å². The lowest BCUT2D eigenvalue weighted by Gasteiger charge is -2.31. The molecule has 0 radical (unpaired) electrons. The number of fused-ring (bicyclic) bond motifs is 1. The Bertz CT molecular complexity index is 988. The average molecular weight is 435 g/mol. The number of carbonyl (C=O) groups is 2. The van der Waals surface area contributed by atoms with Crippen LogP contribution in [0.1, 0.15) is 54.0 Å². The van der Waals surface area contributed by atoms with Crippen molar-refractivity contribution in [1.29, 1.82) is 0 Å². The molecule has 1 aliphatic heterocycles. The van der Waals surface area contributed by atoms with Crippen molar-refractivity contribution in [2.24, 2.45) is 0 Å². The lowest BCUT2D eigenvalue weighted by Crippen LogP contribution is -2.55. The van der Waals surface area contributed by atoms with Crippen LogP contribution in [0.15, 0.2) is 30.3 Å². The Morgan fingerprint density at radius 1 is 1.10 bits per heavy atom. The normalized spacial score (nSPS) is 13.1. The third-order valence-electron chi connectivity index (χ3n) is 4.41. The van der Waals surface area contributed by atoms with Gasteiger partial charge in [-0.2, -0.15) is 0 Å². The van der Waals surface area contributed by atoms with Crippen molar-refractivity contribution < 1.29 is 23.5 Å². The molecule has 3 rings (SSSR count). The monoisotopic (exact) mass is 434 g/mol. The molecule has 1 heterocycles. The molecule has 0 spiro atoms. The topological polar surface area (TPSA) is 67.9 Å². The smallest absolute Gasteiger partial charge is 0.278 e. The van der Waals surface area contributed by atoms with Gasteiger partial charge in [-0.1, -0.05) is 18.5 Å². The van der Waals surface area contributed by atoms with Gasteiger partial charge in [-0.25, -0.2) is 14.8 Å². The minimum atomic E-state index is -0.818. The van der Waals surface area contributed by atoms with E-state index in [-0.39, 0.29) is 16.1 Å². The third-order valence-corrected chi connectivity index (χ3v) is 4.65. The number of benzene rings is 2. The van der Waals surface area contributed by atoms with Gasteiger partial charge in [0.25, 0.3) is 11.8 Å². The second kappa shape index (κ2) is 8.62. The molecule has 0 unspecified atom stereocenters. The number of ether oxygens (including phenoxy) is 2. The molecule has 2 aromatic rings. The van der Waals surface area contributed by atoms with E-state index in [1.54, 1.807) is 32.9 Å². The van der Waals surface area contributed by atoms with E-state index in [1.165, 1.54) is 12.1 Å². The van der Waals surface area contributed by atoms with Gasteiger partial charge in [0, 0.05) is 21.7 Å². The maximum atomic E-state index is 14.4. The molecular weight excluding hydrogens is 411 g/mol. The summed E-state index contributed by atoms with van der Waals surface area (Å²) in [6, 6.07) is 6.94. The summed E-state index contributed by atoms with van der Waals surface area (Å²) in [6.07, 6.45) is 0.487. The molecule has 2 aromatic carbocycles. The van der Waals surface area contributed by atoms with Gasteiger partial charge in [-0.15, -0.1) is 0 Å². The number of nitrogens with one attached hydrogen (secondary N) is 1. The van der Waals surface area contributed by atoms with Gasteiger partial charge in [-0.05, 0) is 57.5 Å². The Hall–Kier alpha value is -2.64. The molecule has 0 aliphatic carbocycles. The molecule has 2 amide bonds. The molecular formula is C22H24ClFN2O4. The predicted octanol–water partition coefficient (Wildman–Crippen LogP) is 4.40. The summed E-state index contributed by atoms with van der Waals surface area (Å²) in [7, 11) is 0. The zero-order chi connectivity index (χ0) is 22.1. The Morgan fingerprint density at radius 3 is 2.37 bits per heavy atom. The van der Waals surface area contributed by atoms with Crippen LogP contribution in [-0.2, 0) is 6.42 Å². The number of carbonyl (C=O) groups excluding carboxylic acids is 2. The van der Waals surface area contributed by atoms with Crippen LogP contribution in [-0.4, -0.2) is 35.6 Å². The maximum Gasteiger partial charge on any atom is 0.278 e. The van der Waals surface area contributed by atoms with E-state index in [0.29, 0.717) is 36.7 Å². The van der Waals surface area contributed by atoms with E-state index in [2.05, 4.69) is 5.43 Å². The second-order valence-electron chi connectivity index (χ2n) is 7.90. The van der Waals surface area contributed by atoms with Crippen LogP contribution in [0.3, 0.4) is 0 Å². The summed E-state index contributed by atoms with van der Waals surface area (Å²) >= 11 is 5.80. The highest BCUT2D eigenvalue weighted by Crippen LogP contribution is 2.37. The Balaban J connectivity index is 2.06. The summed E-state index contributed by atoms with van der Waals surface area (Å²) in [5, 5.41) is 1.00. The van der Waals surface area contributed by atoms with Gasteiger partial charge in [0.15, 0.2) is 11.5 Å². The number of nitrogens with zero attached hydrogens (tertiary/aromatic N) is 1. The first-order chi connectivity index (χ1) is 14.1. The number of hydrogen-bond acceptors (Lipinski definition) is 5. The first-order valence-corrected chi connectivity index (χ1v) is 10.0. The van der Waals surface area contributed by atoms with Crippen LogP contribution in [0.2, 0.25) is 5.02 Å². The standard InChI is InChI=1S/C22H24ClFN2O4/c1-5-14-15(8-9-18-19(14)30-11-10-29-18)20(27)26(25-22(2,3)4)21(28)16-7-6-13(23)12-17(16)24/h6-9,12,25H,5,10-11H2,1-4H3. The fourth-order valence-electron chi connectivity index (χ4n) is 3.16. The van der Waals surface area contributed by atoms with Crippen LogP contribution in [0.5, 0.6) is 11.5 Å². The highest BCUT2D eigenvalue weighted by atomic mass is 35.5. The average Bonchev–Trinajstić information content (AvgIpc) is 2.69. The molecule has 6 nitrogen and oxygen atoms in total. The molecule has 0 saturated heterocycles. The van der Waals surface area contributed by atoms with E-state index in [4.69, 9.17) is 21.1 Å². The minimum absolute atomic E-state index is 0.158. The van der Waals surface area contributed by atoms with Crippen molar-refractivity contribution in [3.05, 3.63) is 57.9 Å². The van der Waals surface area contributed by atoms with Crippen LogP contribution >= 0.6 is 11.6 Å². The molecule has 1 N–H and O–H groups in total. The Morgan fingerprint density at radius 2 is 1.73 bits per heavy atom. The molecule has 0 fully saturated rings. The fourth-order valence-corrected chi connectivity index (χ4v) is 3.32. The second-order valence-corrected chi connectivity index (χ2v) is 8.34. The predicted molar refractivity (Wildman–Crippen MR) is 112 cm³/mol. The van der Waals surface area contributed by atoms with Crippen molar-refractivity contribution in [1.82, 2.24) is 10.4 Å². The van der Waals surface area contributed by atoms with Crippen LogP contribution in [0.4, 0.5) is 4.39 Å². The van der Waals surface area contributed by atoms with E-state index >= 15 is 0 Å². The lowest BCUT2D eigenvalue weighted by molar-refractivity contribution is 0.0448. The van der Waals surface area contributed by atoms with E-state index in [0.717, 1.165) is 11.1 Å². The molecule has 0 aromatic heterocycles. The first kappa shape index (κ1) is 22.1. The zero-order valence-electron chi connectivity index (χ0n) is 17.3. The molecule has 160 valence electrons. The molecule has 1 aliphatic rings. The zero-order valence-corrected chi connectivity index (χ0v) is 18.1. The number of halogens is 2. The lowest BCUT2D eigenvalue weighted by atomic mass is 10.0.